The van der Waals surface area contributed by atoms with Crippen molar-refractivity contribution in [2.75, 3.05) is 14.7 Å². The molecule has 9 heteroatoms. The first kappa shape index (κ1) is 39.3. The number of thiophene rings is 2. The molecule has 15 rings (SSSR count). The van der Waals surface area contributed by atoms with Gasteiger partial charge in [0.25, 0.3) is 0 Å². The third-order valence-corrected chi connectivity index (χ3v) is 16.2. The maximum absolute atomic E-state index is 6.40. The average Bonchev–Trinajstić information content (AvgIpc) is 4.18. The second-order valence-electron chi connectivity index (χ2n) is 17.7. The zero-order valence-electron chi connectivity index (χ0n) is 37.2. The lowest BCUT2D eigenvalue weighted by Gasteiger charge is -2.45. The van der Waals surface area contributed by atoms with Crippen molar-refractivity contribution in [2.45, 2.75) is 5.41 Å². The lowest BCUT2D eigenvalue weighted by atomic mass is 9.64. The van der Waals surface area contributed by atoms with Gasteiger partial charge in [0.15, 0.2) is 23.0 Å². The van der Waals surface area contributed by atoms with Gasteiger partial charge in [0.2, 0.25) is 0 Å². The molecular weight excluding hydrogens is 899 g/mol. The molecule has 4 aliphatic rings. The van der Waals surface area contributed by atoms with Crippen LogP contribution in [0.15, 0.2) is 225 Å². The maximum atomic E-state index is 6.40. The van der Waals surface area contributed by atoms with Gasteiger partial charge in [0.1, 0.15) is 10.0 Å². The van der Waals surface area contributed by atoms with E-state index in [1.54, 1.807) is 22.7 Å². The van der Waals surface area contributed by atoms with Gasteiger partial charge in [-0.2, -0.15) is 0 Å². The molecule has 3 aliphatic heterocycles. The van der Waals surface area contributed by atoms with Gasteiger partial charge in [-0.25, -0.2) is 0 Å². The molecule has 4 aromatic heterocycles. The number of hydrogen-bond donors (Lipinski definition) is 0. The van der Waals surface area contributed by atoms with E-state index in [1.807, 2.05) is 60.9 Å². The minimum Gasteiger partial charge on any atom is -0.453 e. The summed E-state index contributed by atoms with van der Waals surface area (Å²) in [6.45, 7) is 0. The molecule has 0 radical (unpaired) electrons. The van der Waals surface area contributed by atoms with Gasteiger partial charge in [-0.05, 0) is 155 Å². The van der Waals surface area contributed by atoms with E-state index in [0.29, 0.717) is 0 Å². The van der Waals surface area contributed by atoms with Crippen molar-refractivity contribution < 1.29 is 9.47 Å². The fourth-order valence-electron chi connectivity index (χ4n) is 11.1. The summed E-state index contributed by atoms with van der Waals surface area (Å²) in [6, 6.07) is 75.6. The minimum atomic E-state index is -0.764. The van der Waals surface area contributed by atoms with Crippen LogP contribution >= 0.6 is 22.7 Å². The first-order valence-electron chi connectivity index (χ1n) is 23.3. The molecule has 11 aromatic rings. The van der Waals surface area contributed by atoms with Gasteiger partial charge in [-0.3, -0.25) is 19.8 Å². The summed E-state index contributed by atoms with van der Waals surface area (Å²) in [7, 11) is 0. The van der Waals surface area contributed by atoms with Crippen molar-refractivity contribution in [1.82, 2.24) is 9.97 Å². The van der Waals surface area contributed by atoms with Crippen LogP contribution < -0.4 is 24.2 Å². The SMILES string of the molecule is c1ccc(N2c3ccc(-c4ccc(N5c6ccccc6Oc6ccccc65)s4)cc3C3(c4cc(-c5ccc(N6c7ccccc7Oc7ccccc76)s5)ccc42)c2cccnc2-c2ncccc23)cc1. The van der Waals surface area contributed by atoms with Crippen molar-refractivity contribution in [2.24, 2.45) is 0 Å². The molecule has 7 aromatic carbocycles. The van der Waals surface area contributed by atoms with E-state index in [9.17, 15) is 0 Å². The van der Waals surface area contributed by atoms with Crippen molar-refractivity contribution >= 4 is 72.5 Å². The van der Waals surface area contributed by atoms with Crippen LogP contribution in [0.3, 0.4) is 0 Å². The van der Waals surface area contributed by atoms with Gasteiger partial charge in [-0.1, -0.05) is 91.0 Å². The molecule has 0 saturated heterocycles. The van der Waals surface area contributed by atoms with Crippen molar-refractivity contribution in [3.05, 3.63) is 247 Å². The average molecular weight is 936 g/mol. The number of benzene rings is 7. The number of aromatic nitrogens is 2. The Morgan fingerprint density at radius 2 is 0.757 bits per heavy atom. The Hall–Kier alpha value is -8.76. The maximum Gasteiger partial charge on any atom is 0.151 e. The molecule has 0 saturated carbocycles. The van der Waals surface area contributed by atoms with Gasteiger partial charge in [-0.15, -0.1) is 22.7 Å². The molecule has 1 spiro atoms. The summed E-state index contributed by atoms with van der Waals surface area (Å²) >= 11 is 3.56. The number of ether oxygens (including phenoxy) is 2. The van der Waals surface area contributed by atoms with E-state index in [2.05, 4.69) is 178 Å². The fraction of sp³-hybridized carbons (Fsp3) is 0.0164. The quantitative estimate of drug-likeness (QED) is 0.170. The Morgan fingerprint density at radius 3 is 1.20 bits per heavy atom. The van der Waals surface area contributed by atoms with E-state index in [1.165, 1.54) is 11.1 Å². The Morgan fingerprint density at radius 1 is 0.343 bits per heavy atom. The Labute approximate surface area is 412 Å². The van der Waals surface area contributed by atoms with Crippen molar-refractivity contribution in [3.8, 4) is 55.3 Å². The molecule has 0 amide bonds. The summed E-state index contributed by atoms with van der Waals surface area (Å²) in [6.07, 6.45) is 3.79. The summed E-state index contributed by atoms with van der Waals surface area (Å²) < 4.78 is 12.8. The van der Waals surface area contributed by atoms with Gasteiger partial charge in [0.05, 0.1) is 50.9 Å². The fourth-order valence-corrected chi connectivity index (χ4v) is 13.2. The van der Waals surface area contributed by atoms with Crippen molar-refractivity contribution in [1.29, 1.82) is 0 Å². The highest BCUT2D eigenvalue weighted by Crippen LogP contribution is 2.64. The molecule has 330 valence electrons. The first-order chi connectivity index (χ1) is 34.7. The highest BCUT2D eigenvalue weighted by atomic mass is 32.1. The van der Waals surface area contributed by atoms with Gasteiger partial charge in [0, 0.05) is 27.8 Å². The zero-order valence-corrected chi connectivity index (χ0v) is 38.9. The summed E-state index contributed by atoms with van der Waals surface area (Å²) in [5.41, 5.74) is 15.3. The first-order valence-corrected chi connectivity index (χ1v) is 24.9. The lowest BCUT2D eigenvalue weighted by Crippen LogP contribution is -2.36. The van der Waals surface area contributed by atoms with Crippen LogP contribution in [-0.2, 0) is 5.41 Å². The second kappa shape index (κ2) is 15.1. The molecule has 7 heterocycles. The minimum absolute atomic E-state index is 0.764. The molecule has 70 heavy (non-hydrogen) atoms. The Balaban J connectivity index is 0.941. The number of fused-ring (bicyclic) bond motifs is 13. The topological polar surface area (TPSA) is 54.0 Å². The van der Waals surface area contributed by atoms with E-state index in [4.69, 9.17) is 19.4 Å². The third-order valence-electron chi connectivity index (χ3n) is 14.0. The molecule has 0 bridgehead atoms. The lowest BCUT2D eigenvalue weighted by molar-refractivity contribution is 0.477. The van der Waals surface area contributed by atoms with Crippen LogP contribution in [0.25, 0.3) is 32.3 Å². The molecule has 0 unspecified atom stereocenters. The predicted octanol–water partition coefficient (Wildman–Crippen LogP) is 17.2. The van der Waals surface area contributed by atoms with Crippen LogP contribution in [0, 0.1) is 0 Å². The number of anilines is 9. The molecule has 7 nitrogen and oxygen atoms in total. The summed E-state index contributed by atoms with van der Waals surface area (Å²) in [4.78, 5) is 19.6. The Bertz CT molecular complexity index is 3590. The predicted molar refractivity (Wildman–Crippen MR) is 284 cm³/mol. The van der Waals surface area contributed by atoms with E-state index < -0.39 is 5.41 Å². The van der Waals surface area contributed by atoms with Crippen LogP contribution in [0.4, 0.5) is 49.8 Å². The highest BCUT2D eigenvalue weighted by molar-refractivity contribution is 7.20. The molecule has 0 atom stereocenters. The van der Waals surface area contributed by atoms with Gasteiger partial charge < -0.3 is 14.4 Å². The van der Waals surface area contributed by atoms with Gasteiger partial charge >= 0.3 is 0 Å². The van der Waals surface area contributed by atoms with Crippen LogP contribution in [0.1, 0.15) is 22.3 Å². The monoisotopic (exact) mass is 935 g/mol. The smallest absolute Gasteiger partial charge is 0.151 e. The standard InChI is InChI=1S/C61H37N5O2S2/c1-2-14-40(15-3-1)64-45-28-26-38(55-30-32-57(69-55)65-47-18-4-8-22-51(47)67-52-23-9-5-19-48(52)65)36-43(45)61(41-16-12-34-62-59(41)60-42(61)17-13-35-63-60)44-37-39(27-29-46(44)64)56-31-33-58(70-56)66-49-20-6-10-24-53(49)68-54-25-11-7-21-50(54)66/h1-37H. The van der Waals surface area contributed by atoms with E-state index in [-0.39, 0.29) is 0 Å². The number of pyridine rings is 2. The van der Waals surface area contributed by atoms with Crippen molar-refractivity contribution in [3.63, 3.8) is 0 Å². The molecule has 1 aliphatic carbocycles. The van der Waals surface area contributed by atoms with E-state index >= 15 is 0 Å². The summed E-state index contributed by atoms with van der Waals surface area (Å²) in [5.74, 6) is 3.34. The van der Waals surface area contributed by atoms with Crippen LogP contribution in [0.5, 0.6) is 23.0 Å². The largest absolute Gasteiger partial charge is 0.453 e. The summed E-state index contributed by atoms with van der Waals surface area (Å²) in [5, 5.41) is 2.21. The number of rotatable bonds is 5. The molecular formula is C61H37N5O2S2. The number of hydrogen-bond acceptors (Lipinski definition) is 9. The highest BCUT2D eigenvalue weighted by Gasteiger charge is 2.53. The third kappa shape index (κ3) is 5.61. The molecule has 0 N–H and O–H groups in total. The van der Waals surface area contributed by atoms with E-state index in [0.717, 1.165) is 116 Å². The van der Waals surface area contributed by atoms with Crippen LogP contribution in [0.2, 0.25) is 0 Å². The number of nitrogens with zero attached hydrogens (tertiary/aromatic N) is 5. The molecule has 0 fully saturated rings. The second-order valence-corrected chi connectivity index (χ2v) is 19.8. The van der Waals surface area contributed by atoms with Crippen LogP contribution in [-0.4, -0.2) is 9.97 Å². The Kier molecular flexibility index (Phi) is 8.48. The normalized spacial score (nSPS) is 14.0. The number of para-hydroxylation sites is 9. The zero-order chi connectivity index (χ0) is 45.9.